The lowest BCUT2D eigenvalue weighted by molar-refractivity contribution is 0.185. The SMILES string of the molecule is CCCCc1ccccc1NCC1CCN(C(=O)Nc2ccc(C)cn2)CC1. The summed E-state index contributed by atoms with van der Waals surface area (Å²) in [7, 11) is 0. The number of pyridine rings is 1. The number of aromatic nitrogens is 1. The highest BCUT2D eigenvalue weighted by Crippen LogP contribution is 2.22. The molecule has 1 fully saturated rings. The lowest BCUT2D eigenvalue weighted by atomic mass is 9.96. The van der Waals surface area contributed by atoms with Gasteiger partial charge in [-0.1, -0.05) is 37.6 Å². The van der Waals surface area contributed by atoms with E-state index < -0.39 is 0 Å². The van der Waals surface area contributed by atoms with E-state index in [9.17, 15) is 4.79 Å². The van der Waals surface area contributed by atoms with E-state index >= 15 is 0 Å². The van der Waals surface area contributed by atoms with Crippen LogP contribution in [0.2, 0.25) is 0 Å². The Morgan fingerprint density at radius 1 is 1.18 bits per heavy atom. The maximum absolute atomic E-state index is 12.4. The van der Waals surface area contributed by atoms with E-state index in [1.165, 1.54) is 24.1 Å². The van der Waals surface area contributed by atoms with E-state index in [-0.39, 0.29) is 6.03 Å². The zero-order valence-electron chi connectivity index (χ0n) is 17.1. The van der Waals surface area contributed by atoms with Crippen LogP contribution in [0.15, 0.2) is 42.6 Å². The second-order valence-corrected chi connectivity index (χ2v) is 7.72. The number of piperidine rings is 1. The van der Waals surface area contributed by atoms with Crippen LogP contribution < -0.4 is 10.6 Å². The highest BCUT2D eigenvalue weighted by atomic mass is 16.2. The molecule has 0 bridgehead atoms. The summed E-state index contributed by atoms with van der Waals surface area (Å²) in [6.45, 7) is 6.77. The number of benzene rings is 1. The summed E-state index contributed by atoms with van der Waals surface area (Å²) in [6.07, 6.45) is 7.39. The average molecular weight is 381 g/mol. The lowest BCUT2D eigenvalue weighted by Crippen LogP contribution is -2.42. The number of urea groups is 1. The number of hydrogen-bond donors (Lipinski definition) is 2. The molecule has 1 saturated heterocycles. The summed E-state index contributed by atoms with van der Waals surface area (Å²) in [6, 6.07) is 12.4. The topological polar surface area (TPSA) is 57.3 Å². The second kappa shape index (κ2) is 10.1. The van der Waals surface area contributed by atoms with Crippen LogP contribution in [0.3, 0.4) is 0 Å². The molecule has 2 aromatic rings. The fraction of sp³-hybridized carbons (Fsp3) is 0.478. The predicted molar refractivity (Wildman–Crippen MR) is 116 cm³/mol. The molecule has 150 valence electrons. The van der Waals surface area contributed by atoms with Crippen molar-refractivity contribution in [3.05, 3.63) is 53.7 Å². The van der Waals surface area contributed by atoms with Crippen LogP contribution in [0.25, 0.3) is 0 Å². The Morgan fingerprint density at radius 3 is 2.68 bits per heavy atom. The van der Waals surface area contributed by atoms with Gasteiger partial charge in [-0.15, -0.1) is 0 Å². The molecule has 1 aliphatic rings. The summed E-state index contributed by atoms with van der Waals surface area (Å²) in [5, 5.41) is 6.55. The predicted octanol–water partition coefficient (Wildman–Crippen LogP) is 5.09. The first kappa shape index (κ1) is 20.2. The fourth-order valence-electron chi connectivity index (χ4n) is 3.60. The molecular formula is C23H32N4O. The maximum Gasteiger partial charge on any atom is 0.323 e. The Labute approximate surface area is 168 Å². The Hall–Kier alpha value is -2.56. The van der Waals surface area contributed by atoms with Crippen LogP contribution in [-0.2, 0) is 6.42 Å². The Kier molecular flexibility index (Phi) is 7.29. The van der Waals surface area contributed by atoms with E-state index in [0.29, 0.717) is 11.7 Å². The van der Waals surface area contributed by atoms with Crippen molar-refractivity contribution < 1.29 is 4.79 Å². The van der Waals surface area contributed by atoms with Crippen LogP contribution in [0.4, 0.5) is 16.3 Å². The van der Waals surface area contributed by atoms with Gasteiger partial charge in [0.05, 0.1) is 0 Å². The standard InChI is InChI=1S/C23H32N4O/c1-3-4-7-20-8-5-6-9-21(20)24-17-19-12-14-27(15-13-19)23(28)26-22-11-10-18(2)16-25-22/h5-6,8-11,16,19,24H,3-4,7,12-15,17H2,1-2H3,(H,25,26,28). The largest absolute Gasteiger partial charge is 0.385 e. The first-order chi connectivity index (χ1) is 13.7. The van der Waals surface area contributed by atoms with Gasteiger partial charge >= 0.3 is 6.03 Å². The molecule has 3 rings (SSSR count). The van der Waals surface area contributed by atoms with Crippen LogP contribution in [0, 0.1) is 12.8 Å². The van der Waals surface area contributed by atoms with Gasteiger partial charge < -0.3 is 10.2 Å². The van der Waals surface area contributed by atoms with Crippen molar-refractivity contribution in [3.8, 4) is 0 Å². The highest BCUT2D eigenvalue weighted by molar-refractivity contribution is 5.88. The normalized spacial score (nSPS) is 14.7. The highest BCUT2D eigenvalue weighted by Gasteiger charge is 2.23. The zero-order chi connectivity index (χ0) is 19.8. The molecule has 0 radical (unpaired) electrons. The lowest BCUT2D eigenvalue weighted by Gasteiger charge is -2.32. The Morgan fingerprint density at radius 2 is 1.96 bits per heavy atom. The summed E-state index contributed by atoms with van der Waals surface area (Å²) in [5.41, 5.74) is 3.76. The summed E-state index contributed by atoms with van der Waals surface area (Å²) >= 11 is 0. The molecule has 2 amide bonds. The molecule has 0 aliphatic carbocycles. The van der Waals surface area contributed by atoms with Gasteiger partial charge in [0.1, 0.15) is 5.82 Å². The first-order valence-electron chi connectivity index (χ1n) is 10.5. The number of likely N-dealkylation sites (tertiary alicyclic amines) is 1. The minimum atomic E-state index is -0.0485. The van der Waals surface area contributed by atoms with E-state index in [2.05, 4.69) is 46.8 Å². The molecule has 0 unspecified atom stereocenters. The third kappa shape index (κ3) is 5.72. The average Bonchev–Trinajstić information content (AvgIpc) is 2.73. The number of amides is 2. The van der Waals surface area contributed by atoms with Crippen molar-refractivity contribution in [1.29, 1.82) is 0 Å². The molecule has 5 heteroatoms. The second-order valence-electron chi connectivity index (χ2n) is 7.72. The van der Waals surface area contributed by atoms with Gasteiger partial charge in [-0.05, 0) is 61.8 Å². The van der Waals surface area contributed by atoms with Crippen molar-refractivity contribution in [2.24, 2.45) is 5.92 Å². The smallest absolute Gasteiger partial charge is 0.323 e. The van der Waals surface area contributed by atoms with E-state index in [4.69, 9.17) is 0 Å². The number of rotatable bonds is 7. The van der Waals surface area contributed by atoms with Crippen molar-refractivity contribution in [2.75, 3.05) is 30.3 Å². The number of nitrogens with zero attached hydrogens (tertiary/aromatic N) is 2. The van der Waals surface area contributed by atoms with Crippen molar-refractivity contribution >= 4 is 17.5 Å². The molecule has 0 atom stereocenters. The number of hydrogen-bond acceptors (Lipinski definition) is 3. The van der Waals surface area contributed by atoms with Crippen LogP contribution in [0.1, 0.15) is 43.7 Å². The van der Waals surface area contributed by atoms with Crippen molar-refractivity contribution in [1.82, 2.24) is 9.88 Å². The number of anilines is 2. The molecule has 28 heavy (non-hydrogen) atoms. The molecule has 1 aromatic carbocycles. The number of nitrogens with one attached hydrogen (secondary N) is 2. The van der Waals surface area contributed by atoms with Gasteiger partial charge in [0.15, 0.2) is 0 Å². The van der Waals surface area contributed by atoms with Gasteiger partial charge in [0.2, 0.25) is 0 Å². The summed E-state index contributed by atoms with van der Waals surface area (Å²) < 4.78 is 0. The maximum atomic E-state index is 12.4. The third-order valence-electron chi connectivity index (χ3n) is 5.45. The van der Waals surface area contributed by atoms with E-state index in [1.54, 1.807) is 6.20 Å². The molecule has 2 heterocycles. The van der Waals surface area contributed by atoms with Gasteiger partial charge in [-0.25, -0.2) is 9.78 Å². The Balaban J connectivity index is 1.44. The third-order valence-corrected chi connectivity index (χ3v) is 5.45. The molecular weight excluding hydrogens is 348 g/mol. The van der Waals surface area contributed by atoms with Gasteiger partial charge in [-0.2, -0.15) is 0 Å². The minimum Gasteiger partial charge on any atom is -0.385 e. The number of unbranched alkanes of at least 4 members (excludes halogenated alkanes) is 1. The number of para-hydroxylation sites is 1. The van der Waals surface area contributed by atoms with Crippen molar-refractivity contribution in [3.63, 3.8) is 0 Å². The monoisotopic (exact) mass is 380 g/mol. The van der Waals surface area contributed by atoms with Gasteiger partial charge in [0, 0.05) is 31.5 Å². The van der Waals surface area contributed by atoms with Crippen LogP contribution in [0.5, 0.6) is 0 Å². The van der Waals surface area contributed by atoms with Crippen molar-refractivity contribution in [2.45, 2.75) is 46.0 Å². The summed E-state index contributed by atoms with van der Waals surface area (Å²) in [4.78, 5) is 18.6. The quantitative estimate of drug-likeness (QED) is 0.703. The van der Waals surface area contributed by atoms with E-state index in [0.717, 1.165) is 44.5 Å². The molecule has 0 spiro atoms. The van der Waals surface area contributed by atoms with Gasteiger partial charge in [-0.3, -0.25) is 5.32 Å². The summed E-state index contributed by atoms with van der Waals surface area (Å²) in [5.74, 6) is 1.21. The number of carbonyl (C=O) groups is 1. The molecule has 5 nitrogen and oxygen atoms in total. The van der Waals surface area contributed by atoms with Crippen LogP contribution in [-0.4, -0.2) is 35.5 Å². The molecule has 0 saturated carbocycles. The Bertz CT molecular complexity index is 751. The zero-order valence-corrected chi connectivity index (χ0v) is 17.1. The number of carbonyl (C=O) groups excluding carboxylic acids is 1. The number of aryl methyl sites for hydroxylation is 2. The van der Waals surface area contributed by atoms with Gasteiger partial charge in [0.25, 0.3) is 0 Å². The molecule has 1 aliphatic heterocycles. The minimum absolute atomic E-state index is 0.0485. The van der Waals surface area contributed by atoms with E-state index in [1.807, 2.05) is 24.0 Å². The molecule has 1 aromatic heterocycles. The molecule has 2 N–H and O–H groups in total. The first-order valence-corrected chi connectivity index (χ1v) is 10.5. The fourth-order valence-corrected chi connectivity index (χ4v) is 3.60. The van der Waals surface area contributed by atoms with Crippen LogP contribution >= 0.6 is 0 Å².